The van der Waals surface area contributed by atoms with Crippen molar-refractivity contribution in [3.63, 3.8) is 0 Å². The number of ether oxygens (including phenoxy) is 1. The van der Waals surface area contributed by atoms with Crippen LogP contribution < -0.4 is 10.1 Å². The predicted octanol–water partition coefficient (Wildman–Crippen LogP) is 3.67. The molecule has 2 aromatic rings. The average Bonchev–Trinajstić information content (AvgIpc) is 2.71. The molecule has 1 heterocycles. The largest absolute Gasteiger partial charge is 0.497 e. The van der Waals surface area contributed by atoms with Crippen LogP contribution in [0.3, 0.4) is 0 Å². The van der Waals surface area contributed by atoms with Crippen LogP contribution in [0.1, 0.15) is 24.2 Å². The van der Waals surface area contributed by atoms with Crippen molar-refractivity contribution in [3.8, 4) is 5.75 Å². The van der Waals surface area contributed by atoms with E-state index in [9.17, 15) is 0 Å². The standard InChI is InChI=1S/C14H18BrN3O/c1-9(12-8-18(3)17-10(12)2)16-14-7-11(19-4)5-6-13(14)15/h5-9,16H,1-4H3. The van der Waals surface area contributed by atoms with Crippen LogP contribution in [-0.4, -0.2) is 16.9 Å². The summed E-state index contributed by atoms with van der Waals surface area (Å²) < 4.78 is 8.10. The second-order valence-corrected chi connectivity index (χ2v) is 5.41. The molecule has 0 aliphatic carbocycles. The van der Waals surface area contributed by atoms with Gasteiger partial charge in [0.05, 0.1) is 24.5 Å². The molecule has 0 aliphatic heterocycles. The fourth-order valence-electron chi connectivity index (χ4n) is 2.10. The molecule has 1 N–H and O–H groups in total. The lowest BCUT2D eigenvalue weighted by molar-refractivity contribution is 0.415. The van der Waals surface area contributed by atoms with Gasteiger partial charge in [-0.15, -0.1) is 0 Å². The van der Waals surface area contributed by atoms with Crippen LogP contribution in [0.4, 0.5) is 5.69 Å². The van der Waals surface area contributed by atoms with Gasteiger partial charge in [-0.1, -0.05) is 0 Å². The first kappa shape index (κ1) is 13.9. The highest BCUT2D eigenvalue weighted by Gasteiger charge is 2.13. The SMILES string of the molecule is COc1ccc(Br)c(NC(C)c2cn(C)nc2C)c1. The molecule has 0 fully saturated rings. The number of anilines is 1. The molecule has 102 valence electrons. The molecular formula is C14H18BrN3O. The van der Waals surface area contributed by atoms with E-state index in [1.54, 1.807) is 7.11 Å². The molecule has 0 amide bonds. The molecule has 0 radical (unpaired) electrons. The van der Waals surface area contributed by atoms with E-state index in [2.05, 4.69) is 33.3 Å². The van der Waals surface area contributed by atoms with Crippen molar-refractivity contribution in [2.24, 2.45) is 7.05 Å². The Morgan fingerprint density at radius 1 is 1.42 bits per heavy atom. The third kappa shape index (κ3) is 3.10. The number of methoxy groups -OCH3 is 1. The van der Waals surface area contributed by atoms with Crippen LogP contribution in [0.15, 0.2) is 28.9 Å². The number of aryl methyl sites for hydroxylation is 2. The molecule has 0 saturated carbocycles. The van der Waals surface area contributed by atoms with Gasteiger partial charge in [0.15, 0.2) is 0 Å². The fourth-order valence-corrected chi connectivity index (χ4v) is 2.46. The summed E-state index contributed by atoms with van der Waals surface area (Å²) in [6.07, 6.45) is 2.04. The van der Waals surface area contributed by atoms with Gasteiger partial charge in [0.1, 0.15) is 5.75 Å². The monoisotopic (exact) mass is 323 g/mol. The van der Waals surface area contributed by atoms with Gasteiger partial charge in [0.25, 0.3) is 0 Å². The molecule has 1 aromatic heterocycles. The molecule has 0 bridgehead atoms. The lowest BCUT2D eigenvalue weighted by atomic mass is 10.1. The van der Waals surface area contributed by atoms with E-state index in [4.69, 9.17) is 4.74 Å². The number of rotatable bonds is 4. The summed E-state index contributed by atoms with van der Waals surface area (Å²) >= 11 is 3.55. The van der Waals surface area contributed by atoms with Crippen LogP contribution in [0.25, 0.3) is 0 Å². The number of hydrogen-bond acceptors (Lipinski definition) is 3. The van der Waals surface area contributed by atoms with Crippen molar-refractivity contribution in [2.75, 3.05) is 12.4 Å². The van der Waals surface area contributed by atoms with Crippen LogP contribution in [0.5, 0.6) is 5.75 Å². The first-order valence-electron chi connectivity index (χ1n) is 6.11. The lowest BCUT2D eigenvalue weighted by Gasteiger charge is -2.16. The zero-order valence-electron chi connectivity index (χ0n) is 11.6. The lowest BCUT2D eigenvalue weighted by Crippen LogP contribution is -2.07. The highest BCUT2D eigenvalue weighted by molar-refractivity contribution is 9.10. The third-order valence-electron chi connectivity index (χ3n) is 3.06. The van der Waals surface area contributed by atoms with Gasteiger partial charge in [-0.25, -0.2) is 0 Å². The van der Waals surface area contributed by atoms with Crippen molar-refractivity contribution in [2.45, 2.75) is 19.9 Å². The molecule has 0 aliphatic rings. The van der Waals surface area contributed by atoms with E-state index in [0.717, 1.165) is 21.6 Å². The number of halogens is 1. The smallest absolute Gasteiger partial charge is 0.121 e. The van der Waals surface area contributed by atoms with Gasteiger partial charge in [-0.3, -0.25) is 4.68 Å². The van der Waals surface area contributed by atoms with Crippen LogP contribution >= 0.6 is 15.9 Å². The Balaban J connectivity index is 2.23. The summed E-state index contributed by atoms with van der Waals surface area (Å²) in [4.78, 5) is 0. The first-order valence-corrected chi connectivity index (χ1v) is 6.90. The summed E-state index contributed by atoms with van der Waals surface area (Å²) in [5.74, 6) is 0.834. The first-order chi connectivity index (χ1) is 9.01. The summed E-state index contributed by atoms with van der Waals surface area (Å²) in [6.45, 7) is 4.14. The normalized spacial score (nSPS) is 12.3. The zero-order chi connectivity index (χ0) is 14.0. The molecule has 0 spiro atoms. The van der Waals surface area contributed by atoms with Gasteiger partial charge in [0, 0.05) is 29.3 Å². The maximum absolute atomic E-state index is 5.25. The number of nitrogens with zero attached hydrogens (tertiary/aromatic N) is 2. The molecule has 5 heteroatoms. The van der Waals surface area contributed by atoms with Crippen LogP contribution in [0, 0.1) is 6.92 Å². The molecule has 0 saturated heterocycles. The van der Waals surface area contributed by atoms with E-state index in [1.807, 2.05) is 43.0 Å². The van der Waals surface area contributed by atoms with E-state index in [1.165, 1.54) is 5.56 Å². The van der Waals surface area contributed by atoms with Crippen molar-refractivity contribution in [1.82, 2.24) is 9.78 Å². The van der Waals surface area contributed by atoms with Gasteiger partial charge in [-0.2, -0.15) is 5.10 Å². The maximum Gasteiger partial charge on any atom is 0.121 e. The molecule has 1 atom stereocenters. The Labute approximate surface area is 121 Å². The summed E-state index contributed by atoms with van der Waals surface area (Å²) in [7, 11) is 3.60. The fraction of sp³-hybridized carbons (Fsp3) is 0.357. The van der Waals surface area contributed by atoms with Crippen molar-refractivity contribution < 1.29 is 4.74 Å². The minimum atomic E-state index is 0.178. The molecule has 19 heavy (non-hydrogen) atoms. The van der Waals surface area contributed by atoms with Gasteiger partial charge < -0.3 is 10.1 Å². The molecular weight excluding hydrogens is 306 g/mol. The van der Waals surface area contributed by atoms with E-state index < -0.39 is 0 Å². The molecule has 1 unspecified atom stereocenters. The predicted molar refractivity (Wildman–Crippen MR) is 80.7 cm³/mol. The second-order valence-electron chi connectivity index (χ2n) is 4.56. The van der Waals surface area contributed by atoms with Crippen molar-refractivity contribution >= 4 is 21.6 Å². The second kappa shape index (κ2) is 5.65. The van der Waals surface area contributed by atoms with Gasteiger partial charge >= 0.3 is 0 Å². The maximum atomic E-state index is 5.25. The number of aromatic nitrogens is 2. The number of hydrogen-bond donors (Lipinski definition) is 1. The Kier molecular flexibility index (Phi) is 4.14. The third-order valence-corrected chi connectivity index (χ3v) is 3.75. The number of nitrogens with one attached hydrogen (secondary N) is 1. The quantitative estimate of drug-likeness (QED) is 0.933. The molecule has 1 aromatic carbocycles. The minimum absolute atomic E-state index is 0.178. The Morgan fingerprint density at radius 2 is 2.16 bits per heavy atom. The van der Waals surface area contributed by atoms with Crippen LogP contribution in [0.2, 0.25) is 0 Å². The Hall–Kier alpha value is -1.49. The topological polar surface area (TPSA) is 39.1 Å². The summed E-state index contributed by atoms with van der Waals surface area (Å²) in [5.41, 5.74) is 3.24. The Bertz CT molecular complexity index is 580. The van der Waals surface area contributed by atoms with Gasteiger partial charge in [-0.05, 0) is 41.9 Å². The van der Waals surface area contributed by atoms with Crippen molar-refractivity contribution in [3.05, 3.63) is 40.1 Å². The number of benzene rings is 1. The van der Waals surface area contributed by atoms with Crippen LogP contribution in [-0.2, 0) is 7.05 Å². The molecule has 2 rings (SSSR count). The van der Waals surface area contributed by atoms with E-state index in [-0.39, 0.29) is 6.04 Å². The highest BCUT2D eigenvalue weighted by Crippen LogP contribution is 2.30. The van der Waals surface area contributed by atoms with E-state index in [0.29, 0.717) is 0 Å². The summed E-state index contributed by atoms with van der Waals surface area (Å²) in [6, 6.07) is 6.06. The Morgan fingerprint density at radius 3 is 2.74 bits per heavy atom. The summed E-state index contributed by atoms with van der Waals surface area (Å²) in [5, 5.41) is 7.85. The van der Waals surface area contributed by atoms with Crippen molar-refractivity contribution in [1.29, 1.82) is 0 Å². The van der Waals surface area contributed by atoms with Gasteiger partial charge in [0.2, 0.25) is 0 Å². The van der Waals surface area contributed by atoms with E-state index >= 15 is 0 Å². The highest BCUT2D eigenvalue weighted by atomic mass is 79.9. The zero-order valence-corrected chi connectivity index (χ0v) is 13.2. The molecule has 4 nitrogen and oxygen atoms in total. The minimum Gasteiger partial charge on any atom is -0.497 e. The average molecular weight is 324 g/mol.